The lowest BCUT2D eigenvalue weighted by Gasteiger charge is -2.11. The number of hydrogen-bond acceptors (Lipinski definition) is 3. The zero-order chi connectivity index (χ0) is 17.8. The minimum atomic E-state index is -0.249. The normalized spacial score (nSPS) is 10.5. The van der Waals surface area contributed by atoms with Crippen molar-refractivity contribution in [3.05, 3.63) is 69.8 Å². The van der Waals surface area contributed by atoms with E-state index in [2.05, 4.69) is 33.1 Å². The largest absolute Gasteiger partial charge is 0.358 e. The summed E-state index contributed by atoms with van der Waals surface area (Å²) in [6.45, 7) is 4.32. The van der Waals surface area contributed by atoms with Crippen LogP contribution in [0.15, 0.2) is 47.8 Å². The maximum absolute atomic E-state index is 13.6. The van der Waals surface area contributed by atoms with E-state index in [1.165, 1.54) is 6.07 Å². The second kappa shape index (κ2) is 7.72. The molecule has 0 bridgehead atoms. The van der Waals surface area contributed by atoms with Gasteiger partial charge in [-0.15, -0.1) is 11.3 Å². The molecule has 25 heavy (non-hydrogen) atoms. The van der Waals surface area contributed by atoms with E-state index in [4.69, 9.17) is 12.2 Å². The average Bonchev–Trinajstić information content (AvgIpc) is 3.03. The molecule has 0 unspecified atom stereocenters. The van der Waals surface area contributed by atoms with Crippen molar-refractivity contribution in [3.8, 4) is 11.3 Å². The summed E-state index contributed by atoms with van der Waals surface area (Å²) in [5, 5.41) is 9.70. The fourth-order valence-electron chi connectivity index (χ4n) is 2.32. The zero-order valence-corrected chi connectivity index (χ0v) is 15.6. The van der Waals surface area contributed by atoms with Gasteiger partial charge in [0.15, 0.2) is 5.11 Å². The number of anilines is 1. The van der Waals surface area contributed by atoms with Crippen LogP contribution >= 0.6 is 23.6 Å². The third kappa shape index (κ3) is 4.61. The Labute approximate surface area is 155 Å². The molecule has 0 aliphatic heterocycles. The second-order valence-electron chi connectivity index (χ2n) is 5.72. The molecule has 0 aliphatic rings. The molecule has 2 N–H and O–H groups in total. The van der Waals surface area contributed by atoms with Crippen molar-refractivity contribution < 1.29 is 4.39 Å². The minimum Gasteiger partial charge on any atom is -0.358 e. The summed E-state index contributed by atoms with van der Waals surface area (Å²) in [6, 6.07) is 13.2. The first-order chi connectivity index (χ1) is 12.0. The highest BCUT2D eigenvalue weighted by Gasteiger charge is 2.04. The Morgan fingerprint density at radius 1 is 1.16 bits per heavy atom. The third-order valence-electron chi connectivity index (χ3n) is 3.75. The van der Waals surface area contributed by atoms with Crippen LogP contribution in [0.5, 0.6) is 0 Å². The molecule has 0 aliphatic carbocycles. The fraction of sp³-hybridized carbons (Fsp3) is 0.158. The molecule has 0 atom stereocenters. The number of benzene rings is 2. The van der Waals surface area contributed by atoms with Crippen molar-refractivity contribution in [1.82, 2.24) is 10.3 Å². The SMILES string of the molecule is Cc1nc(-c2ccc(CNC(=S)Nc3ccc(C)c(F)c3)cc2)cs1. The molecule has 1 aromatic heterocycles. The molecular weight excluding hydrogens is 353 g/mol. The molecule has 0 spiro atoms. The van der Waals surface area contributed by atoms with Crippen LogP contribution in [-0.4, -0.2) is 10.1 Å². The maximum atomic E-state index is 13.6. The lowest BCUT2D eigenvalue weighted by molar-refractivity contribution is 0.619. The van der Waals surface area contributed by atoms with Crippen LogP contribution in [0, 0.1) is 19.7 Å². The van der Waals surface area contributed by atoms with Gasteiger partial charge >= 0.3 is 0 Å². The Morgan fingerprint density at radius 3 is 2.56 bits per heavy atom. The van der Waals surface area contributed by atoms with Crippen molar-refractivity contribution >= 4 is 34.4 Å². The first kappa shape index (κ1) is 17.5. The average molecular weight is 372 g/mol. The summed E-state index contributed by atoms with van der Waals surface area (Å²) < 4.78 is 13.6. The van der Waals surface area contributed by atoms with Gasteiger partial charge in [-0.05, 0) is 49.3 Å². The summed E-state index contributed by atoms with van der Waals surface area (Å²) >= 11 is 6.91. The van der Waals surface area contributed by atoms with Gasteiger partial charge in [0, 0.05) is 23.2 Å². The first-order valence-electron chi connectivity index (χ1n) is 7.84. The Hall–Kier alpha value is -2.31. The van der Waals surface area contributed by atoms with E-state index in [-0.39, 0.29) is 5.82 Å². The van der Waals surface area contributed by atoms with Crippen LogP contribution in [0.1, 0.15) is 16.1 Å². The molecule has 0 saturated carbocycles. The van der Waals surface area contributed by atoms with Gasteiger partial charge in [-0.25, -0.2) is 9.37 Å². The smallest absolute Gasteiger partial charge is 0.171 e. The predicted molar refractivity (Wildman–Crippen MR) is 106 cm³/mol. The Kier molecular flexibility index (Phi) is 5.40. The molecule has 0 saturated heterocycles. The monoisotopic (exact) mass is 371 g/mol. The number of aromatic nitrogens is 1. The van der Waals surface area contributed by atoms with Gasteiger partial charge in [-0.3, -0.25) is 0 Å². The van der Waals surface area contributed by atoms with E-state index in [1.54, 1.807) is 30.4 Å². The molecule has 3 nitrogen and oxygen atoms in total. The van der Waals surface area contributed by atoms with Crippen LogP contribution in [0.4, 0.5) is 10.1 Å². The summed E-state index contributed by atoms with van der Waals surface area (Å²) in [5.74, 6) is -0.249. The quantitative estimate of drug-likeness (QED) is 0.629. The topological polar surface area (TPSA) is 37.0 Å². The number of nitrogens with zero attached hydrogens (tertiary/aromatic N) is 1. The predicted octanol–water partition coefficient (Wildman–Crippen LogP) is 5.05. The molecule has 0 fully saturated rings. The van der Waals surface area contributed by atoms with Crippen LogP contribution in [-0.2, 0) is 6.54 Å². The third-order valence-corrected chi connectivity index (χ3v) is 4.77. The van der Waals surface area contributed by atoms with Gasteiger partial charge in [-0.2, -0.15) is 0 Å². The summed E-state index contributed by atoms with van der Waals surface area (Å²) in [6.07, 6.45) is 0. The summed E-state index contributed by atoms with van der Waals surface area (Å²) in [5.41, 5.74) is 4.45. The van der Waals surface area contributed by atoms with E-state index >= 15 is 0 Å². The number of thiocarbonyl (C=S) groups is 1. The molecule has 1 heterocycles. The van der Waals surface area contributed by atoms with Gasteiger partial charge in [0.1, 0.15) is 5.82 Å². The number of hydrogen-bond donors (Lipinski definition) is 2. The van der Waals surface area contributed by atoms with Gasteiger partial charge < -0.3 is 10.6 Å². The molecule has 128 valence electrons. The van der Waals surface area contributed by atoms with Crippen molar-refractivity contribution in [1.29, 1.82) is 0 Å². The van der Waals surface area contributed by atoms with E-state index in [1.807, 2.05) is 19.1 Å². The number of nitrogens with one attached hydrogen (secondary N) is 2. The number of aryl methyl sites for hydroxylation is 2. The van der Waals surface area contributed by atoms with E-state index in [0.29, 0.717) is 22.9 Å². The van der Waals surface area contributed by atoms with Crippen molar-refractivity contribution in [2.24, 2.45) is 0 Å². The van der Waals surface area contributed by atoms with E-state index in [0.717, 1.165) is 21.8 Å². The van der Waals surface area contributed by atoms with Crippen LogP contribution in [0.25, 0.3) is 11.3 Å². The number of rotatable bonds is 4. The molecule has 2 aromatic carbocycles. The van der Waals surface area contributed by atoms with Crippen LogP contribution in [0.2, 0.25) is 0 Å². The van der Waals surface area contributed by atoms with Gasteiger partial charge in [-0.1, -0.05) is 30.3 Å². The standard InChI is InChI=1S/C19H18FN3S2/c1-12-3-8-16(9-17(12)20)23-19(24)21-10-14-4-6-15(7-5-14)18-11-25-13(2)22-18/h3-9,11H,10H2,1-2H3,(H2,21,23,24). The first-order valence-corrected chi connectivity index (χ1v) is 9.12. The molecule has 3 rings (SSSR count). The molecule has 0 amide bonds. The molecular formula is C19H18FN3S2. The highest BCUT2D eigenvalue weighted by atomic mass is 32.1. The molecule has 3 aromatic rings. The van der Waals surface area contributed by atoms with Crippen LogP contribution in [0.3, 0.4) is 0 Å². The second-order valence-corrected chi connectivity index (χ2v) is 7.19. The van der Waals surface area contributed by atoms with Gasteiger partial charge in [0.05, 0.1) is 10.7 Å². The van der Waals surface area contributed by atoms with Crippen molar-refractivity contribution in [2.75, 3.05) is 5.32 Å². The Balaban J connectivity index is 1.55. The number of thiazole rings is 1. The minimum absolute atomic E-state index is 0.249. The van der Waals surface area contributed by atoms with Crippen LogP contribution < -0.4 is 10.6 Å². The van der Waals surface area contributed by atoms with E-state index < -0.39 is 0 Å². The lowest BCUT2D eigenvalue weighted by Crippen LogP contribution is -2.27. The van der Waals surface area contributed by atoms with Crippen molar-refractivity contribution in [2.45, 2.75) is 20.4 Å². The Bertz CT molecular complexity index is 888. The fourth-order valence-corrected chi connectivity index (χ4v) is 3.13. The number of halogens is 1. The van der Waals surface area contributed by atoms with Gasteiger partial charge in [0.25, 0.3) is 0 Å². The molecule has 6 heteroatoms. The zero-order valence-electron chi connectivity index (χ0n) is 14.0. The lowest BCUT2D eigenvalue weighted by atomic mass is 10.1. The summed E-state index contributed by atoms with van der Waals surface area (Å²) in [7, 11) is 0. The highest BCUT2D eigenvalue weighted by Crippen LogP contribution is 2.21. The van der Waals surface area contributed by atoms with Gasteiger partial charge in [0.2, 0.25) is 0 Å². The maximum Gasteiger partial charge on any atom is 0.171 e. The Morgan fingerprint density at radius 2 is 1.92 bits per heavy atom. The van der Waals surface area contributed by atoms with E-state index in [9.17, 15) is 4.39 Å². The highest BCUT2D eigenvalue weighted by molar-refractivity contribution is 7.80. The molecule has 0 radical (unpaired) electrons. The summed E-state index contributed by atoms with van der Waals surface area (Å²) in [4.78, 5) is 4.49. The van der Waals surface area contributed by atoms with Crippen molar-refractivity contribution in [3.63, 3.8) is 0 Å².